The molecule has 2 heterocycles. The Morgan fingerprint density at radius 1 is 1.18 bits per heavy atom. The summed E-state index contributed by atoms with van der Waals surface area (Å²) < 4.78 is 13.8. The van der Waals surface area contributed by atoms with Gasteiger partial charge in [-0.1, -0.05) is 18.1 Å². The van der Waals surface area contributed by atoms with Crippen LogP contribution in [0.15, 0.2) is 34.9 Å². The summed E-state index contributed by atoms with van der Waals surface area (Å²) in [5.74, 6) is 1.15. The van der Waals surface area contributed by atoms with Crippen LogP contribution in [0.1, 0.15) is 68.7 Å². The monoisotopic (exact) mass is 465 g/mol. The molecule has 0 spiro atoms. The van der Waals surface area contributed by atoms with E-state index in [1.54, 1.807) is 4.68 Å². The van der Waals surface area contributed by atoms with Gasteiger partial charge in [-0.15, -0.1) is 5.10 Å². The second-order valence-corrected chi connectivity index (χ2v) is 9.38. The predicted octanol–water partition coefficient (Wildman–Crippen LogP) is 4.76. The van der Waals surface area contributed by atoms with Gasteiger partial charge in [-0.05, 0) is 62.8 Å². The van der Waals surface area contributed by atoms with E-state index >= 15 is 0 Å². The number of anilines is 1. The molecule has 180 valence electrons. The van der Waals surface area contributed by atoms with E-state index in [1.807, 2.05) is 37.5 Å². The van der Waals surface area contributed by atoms with Gasteiger partial charge in [0.25, 0.3) is 6.01 Å². The Bertz CT molecular complexity index is 1120. The first-order valence-electron chi connectivity index (χ1n) is 12.1. The number of nitrogens with zero attached hydrogens (tertiary/aromatic N) is 4. The van der Waals surface area contributed by atoms with Crippen LogP contribution in [-0.4, -0.2) is 37.2 Å². The first-order valence-corrected chi connectivity index (χ1v) is 12.1. The van der Waals surface area contributed by atoms with Crippen LogP contribution in [0, 0.1) is 5.92 Å². The van der Waals surface area contributed by atoms with Gasteiger partial charge in [0.05, 0.1) is 30.5 Å². The minimum atomic E-state index is -0.730. The van der Waals surface area contributed by atoms with Crippen LogP contribution in [-0.2, 0) is 18.4 Å². The smallest absolute Gasteiger partial charge is 0.306 e. The molecule has 34 heavy (non-hydrogen) atoms. The maximum absolute atomic E-state index is 11.3. The summed E-state index contributed by atoms with van der Waals surface area (Å²) in [6.07, 6.45) is 9.68. The van der Waals surface area contributed by atoms with E-state index in [4.69, 9.17) is 9.15 Å². The number of aliphatic carboxylic acids is 1. The van der Waals surface area contributed by atoms with Crippen LogP contribution in [0.2, 0.25) is 0 Å². The molecule has 9 nitrogen and oxygen atoms in total. The summed E-state index contributed by atoms with van der Waals surface area (Å²) in [5, 5.41) is 21.1. The molecule has 9 heteroatoms. The number of benzene rings is 1. The standard InChI is InChI=1S/C25H31N5O4/c1-30-21(14-26-25-27-15-22(34-25)16-5-2-3-6-16)23(28-29-30)17-9-11-19(12-10-17)33-20-8-4-7-18(13-20)24(31)32/h9-12,15-16,18,20H,2-8,13-14H2,1H3,(H,26,27)(H,31,32)/t18-,20-/m0/s1. The number of carboxylic acids is 1. The highest BCUT2D eigenvalue weighted by Gasteiger charge is 2.28. The third kappa shape index (κ3) is 4.93. The van der Waals surface area contributed by atoms with Crippen molar-refractivity contribution < 1.29 is 19.1 Å². The van der Waals surface area contributed by atoms with Gasteiger partial charge in [0.15, 0.2) is 0 Å². The summed E-state index contributed by atoms with van der Waals surface area (Å²) >= 11 is 0. The van der Waals surface area contributed by atoms with Crippen LogP contribution < -0.4 is 10.1 Å². The fourth-order valence-corrected chi connectivity index (χ4v) is 5.09. The van der Waals surface area contributed by atoms with Gasteiger partial charge in [0, 0.05) is 18.5 Å². The van der Waals surface area contributed by atoms with Crippen molar-refractivity contribution in [2.24, 2.45) is 13.0 Å². The average Bonchev–Trinajstić information content (AvgIpc) is 3.60. The third-order valence-electron chi connectivity index (χ3n) is 7.04. The lowest BCUT2D eigenvalue weighted by Crippen LogP contribution is -2.29. The number of nitrogens with one attached hydrogen (secondary N) is 1. The third-order valence-corrected chi connectivity index (χ3v) is 7.04. The maximum Gasteiger partial charge on any atom is 0.306 e. The summed E-state index contributed by atoms with van der Waals surface area (Å²) in [5.41, 5.74) is 2.64. The molecule has 0 bridgehead atoms. The van der Waals surface area contributed by atoms with Crippen LogP contribution in [0.25, 0.3) is 11.3 Å². The van der Waals surface area contributed by atoms with Crippen molar-refractivity contribution in [2.45, 2.75) is 69.9 Å². The fraction of sp³-hybridized carbons (Fsp3) is 0.520. The maximum atomic E-state index is 11.3. The van der Waals surface area contributed by atoms with E-state index in [1.165, 1.54) is 25.7 Å². The van der Waals surface area contributed by atoms with Crippen LogP contribution in [0.3, 0.4) is 0 Å². The van der Waals surface area contributed by atoms with Crippen LogP contribution in [0.5, 0.6) is 5.75 Å². The molecule has 0 aliphatic heterocycles. The molecule has 2 saturated carbocycles. The van der Waals surface area contributed by atoms with E-state index in [0.717, 1.165) is 47.7 Å². The lowest BCUT2D eigenvalue weighted by molar-refractivity contribution is -0.143. The zero-order valence-electron chi connectivity index (χ0n) is 19.4. The predicted molar refractivity (Wildman–Crippen MR) is 125 cm³/mol. The van der Waals surface area contributed by atoms with E-state index in [2.05, 4.69) is 20.6 Å². The van der Waals surface area contributed by atoms with E-state index in [0.29, 0.717) is 24.9 Å². The van der Waals surface area contributed by atoms with Crippen LogP contribution in [0.4, 0.5) is 6.01 Å². The average molecular weight is 466 g/mol. The van der Waals surface area contributed by atoms with E-state index in [-0.39, 0.29) is 12.0 Å². The molecule has 2 fully saturated rings. The highest BCUT2D eigenvalue weighted by molar-refractivity contribution is 5.70. The van der Waals surface area contributed by atoms with Gasteiger partial charge < -0.3 is 19.6 Å². The van der Waals surface area contributed by atoms with Crippen molar-refractivity contribution in [3.05, 3.63) is 41.9 Å². The zero-order chi connectivity index (χ0) is 23.5. The molecular weight excluding hydrogens is 434 g/mol. The van der Waals surface area contributed by atoms with Gasteiger partial charge in [0.1, 0.15) is 17.2 Å². The molecule has 0 saturated heterocycles. The number of aromatic nitrogens is 4. The SMILES string of the molecule is Cn1nnc(-c2ccc(O[C@H]3CCC[C@H](C(=O)O)C3)cc2)c1CNc1ncc(C2CCCC2)o1. The number of oxazole rings is 1. The topological polar surface area (TPSA) is 115 Å². The molecule has 0 amide bonds. The fourth-order valence-electron chi connectivity index (χ4n) is 5.09. The largest absolute Gasteiger partial charge is 0.490 e. The number of carbonyl (C=O) groups is 1. The number of hydrogen-bond acceptors (Lipinski definition) is 7. The Morgan fingerprint density at radius 3 is 2.74 bits per heavy atom. The number of ether oxygens (including phenoxy) is 1. The van der Waals surface area contributed by atoms with Gasteiger partial charge in [-0.3, -0.25) is 4.79 Å². The van der Waals surface area contributed by atoms with Crippen molar-refractivity contribution in [3.63, 3.8) is 0 Å². The first kappa shape index (κ1) is 22.4. The van der Waals surface area contributed by atoms with Crippen molar-refractivity contribution in [3.8, 4) is 17.0 Å². The minimum Gasteiger partial charge on any atom is -0.490 e. The highest BCUT2D eigenvalue weighted by Crippen LogP contribution is 2.35. The molecule has 3 aromatic rings. The number of hydrogen-bond donors (Lipinski definition) is 2. The van der Waals surface area contributed by atoms with Gasteiger partial charge in [-0.25, -0.2) is 9.67 Å². The molecule has 2 aromatic heterocycles. The lowest BCUT2D eigenvalue weighted by atomic mass is 9.87. The van der Waals surface area contributed by atoms with E-state index < -0.39 is 5.97 Å². The van der Waals surface area contributed by atoms with Crippen molar-refractivity contribution >= 4 is 12.0 Å². The molecule has 0 radical (unpaired) electrons. The Labute approximate surface area is 198 Å². The molecule has 2 N–H and O–H groups in total. The van der Waals surface area contributed by atoms with Crippen molar-refractivity contribution in [1.29, 1.82) is 0 Å². The first-order chi connectivity index (χ1) is 16.6. The molecular formula is C25H31N5O4. The molecule has 2 aliphatic carbocycles. The number of carboxylic acid groups (broad SMARTS) is 1. The second-order valence-electron chi connectivity index (χ2n) is 9.38. The zero-order valence-corrected chi connectivity index (χ0v) is 19.4. The number of aryl methyl sites for hydroxylation is 1. The molecule has 2 aliphatic rings. The van der Waals surface area contributed by atoms with E-state index in [9.17, 15) is 9.90 Å². The lowest BCUT2D eigenvalue weighted by Gasteiger charge is -2.27. The summed E-state index contributed by atoms with van der Waals surface area (Å²) in [4.78, 5) is 15.7. The highest BCUT2D eigenvalue weighted by atomic mass is 16.5. The van der Waals surface area contributed by atoms with Gasteiger partial charge >= 0.3 is 5.97 Å². The summed E-state index contributed by atoms with van der Waals surface area (Å²) in [6.45, 7) is 0.486. The van der Waals surface area contributed by atoms with Crippen molar-refractivity contribution in [1.82, 2.24) is 20.0 Å². The molecule has 2 atom stereocenters. The van der Waals surface area contributed by atoms with Crippen molar-refractivity contribution in [2.75, 3.05) is 5.32 Å². The molecule has 0 unspecified atom stereocenters. The Morgan fingerprint density at radius 2 is 1.97 bits per heavy atom. The minimum absolute atomic E-state index is 0.0631. The quantitative estimate of drug-likeness (QED) is 0.489. The Kier molecular flexibility index (Phi) is 6.51. The Hall–Kier alpha value is -3.36. The van der Waals surface area contributed by atoms with Gasteiger partial charge in [-0.2, -0.15) is 0 Å². The van der Waals surface area contributed by atoms with Gasteiger partial charge in [0.2, 0.25) is 0 Å². The summed E-state index contributed by atoms with van der Waals surface area (Å²) in [6, 6.07) is 8.26. The molecule has 5 rings (SSSR count). The summed E-state index contributed by atoms with van der Waals surface area (Å²) in [7, 11) is 1.87. The second kappa shape index (κ2) is 9.87. The molecule has 1 aromatic carbocycles. The Balaban J connectivity index is 1.23. The normalized spacial score (nSPS) is 21.0. The number of rotatable bonds is 8. The van der Waals surface area contributed by atoms with Crippen LogP contribution >= 0.6 is 0 Å².